The molecule has 3 atom stereocenters. The van der Waals surface area contributed by atoms with E-state index < -0.39 is 34.7 Å². The Morgan fingerprint density at radius 3 is 2.86 bits per heavy atom. The smallest absolute Gasteiger partial charge is 0.329 e. The lowest BCUT2D eigenvalue weighted by atomic mass is 10.2. The van der Waals surface area contributed by atoms with Crippen LogP contribution in [0.4, 0.5) is 0 Å². The van der Waals surface area contributed by atoms with E-state index in [4.69, 9.17) is 10.5 Å². The summed E-state index contributed by atoms with van der Waals surface area (Å²) in [7, 11) is 0. The average molecular weight is 329 g/mol. The highest BCUT2D eigenvalue weighted by Crippen LogP contribution is 2.43. The van der Waals surface area contributed by atoms with E-state index in [9.17, 15) is 24.6 Å². The van der Waals surface area contributed by atoms with Gasteiger partial charge in [0, 0.05) is 12.3 Å². The molecule has 2 heterocycles. The van der Waals surface area contributed by atoms with Gasteiger partial charge in [-0.15, -0.1) is 0 Å². The van der Waals surface area contributed by atoms with Crippen LogP contribution in [0.3, 0.4) is 0 Å². The number of aliphatic hydroxyl groups excluding tert-OH is 2. The molecule has 22 heavy (non-hydrogen) atoms. The van der Waals surface area contributed by atoms with Crippen LogP contribution in [-0.4, -0.2) is 44.5 Å². The zero-order valence-corrected chi connectivity index (χ0v) is 12.4. The quantitative estimate of drug-likeness (QED) is 0.504. The molecule has 10 heteroatoms. The molecular weight excluding hydrogens is 314 g/mol. The van der Waals surface area contributed by atoms with Crippen LogP contribution in [0.1, 0.15) is 12.3 Å². The molecule has 0 amide bonds. The van der Waals surface area contributed by atoms with Crippen LogP contribution in [0.5, 0.6) is 0 Å². The Kier molecular flexibility index (Phi) is 4.74. The summed E-state index contributed by atoms with van der Waals surface area (Å²) in [4.78, 5) is 36.3. The highest BCUT2D eigenvalue weighted by Gasteiger charge is 2.36. The van der Waals surface area contributed by atoms with Gasteiger partial charge in [-0.25, -0.2) is 4.79 Å². The van der Waals surface area contributed by atoms with E-state index in [0.717, 1.165) is 22.4 Å². The molecule has 120 valence electrons. The molecule has 1 aromatic heterocycles. The lowest BCUT2D eigenvalue weighted by molar-refractivity contribution is -0.143. The fraction of sp³-hybridized carbons (Fsp3) is 0.417. The van der Waals surface area contributed by atoms with Gasteiger partial charge in [0.05, 0.1) is 4.91 Å². The number of thioether (sulfide) groups is 1. The number of aliphatic hydroxyl groups is 2. The number of carbonyl (C=O) groups excluding carboxylic acids is 1. The molecule has 9 nitrogen and oxygen atoms in total. The standard InChI is InChI=1S/C12H15N3O6S/c1-5(13)11(19)21-4-6-8(17)9(18)10(22-6)15-3-2-7(16)14-12(15)20/h2-3,5,9-10,17-18H,4,13H2,1H3,(H,14,16,20)/t5-,9?,10-/m1/s1. The summed E-state index contributed by atoms with van der Waals surface area (Å²) in [6.07, 6.45) is -0.149. The number of rotatable bonds is 4. The Labute approximate surface area is 128 Å². The first kappa shape index (κ1) is 16.3. The summed E-state index contributed by atoms with van der Waals surface area (Å²) >= 11 is 0.956. The van der Waals surface area contributed by atoms with Gasteiger partial charge in [-0.2, -0.15) is 0 Å². The Morgan fingerprint density at radius 1 is 1.59 bits per heavy atom. The topological polar surface area (TPSA) is 148 Å². The minimum absolute atomic E-state index is 0.213. The zero-order chi connectivity index (χ0) is 16.4. The molecule has 1 aliphatic rings. The largest absolute Gasteiger partial charge is 0.508 e. The number of nitrogens with two attached hydrogens (primary N) is 1. The molecule has 0 radical (unpaired) electrons. The summed E-state index contributed by atoms with van der Waals surface area (Å²) in [5.41, 5.74) is 4.06. The van der Waals surface area contributed by atoms with Gasteiger partial charge in [0.25, 0.3) is 5.56 Å². The number of aromatic nitrogens is 2. The minimum Gasteiger partial charge on any atom is -0.508 e. The van der Waals surface area contributed by atoms with Crippen LogP contribution in [0.2, 0.25) is 0 Å². The van der Waals surface area contributed by atoms with Gasteiger partial charge < -0.3 is 20.7 Å². The van der Waals surface area contributed by atoms with Crippen molar-refractivity contribution in [3.63, 3.8) is 0 Å². The lowest BCUT2D eigenvalue weighted by Gasteiger charge is -2.16. The molecule has 0 aliphatic carbocycles. The predicted octanol–water partition coefficient (Wildman–Crippen LogP) is -1.20. The SMILES string of the molecule is C[C@@H](N)C(=O)OCC1=C(O)C(O)[C@H](n2ccc(=O)[nH]c2=O)S1. The Balaban J connectivity index is 2.15. The molecule has 0 fully saturated rings. The maximum Gasteiger partial charge on any atom is 0.329 e. The molecule has 0 bridgehead atoms. The highest BCUT2D eigenvalue weighted by molar-refractivity contribution is 8.03. The van der Waals surface area contributed by atoms with Gasteiger partial charge in [0.15, 0.2) is 0 Å². The summed E-state index contributed by atoms with van der Waals surface area (Å²) in [6.45, 7) is 1.19. The van der Waals surface area contributed by atoms with E-state index in [1.807, 2.05) is 0 Å². The van der Waals surface area contributed by atoms with Gasteiger partial charge in [0.2, 0.25) is 0 Å². The monoisotopic (exact) mass is 329 g/mol. The molecule has 2 rings (SSSR count). The molecule has 0 aromatic carbocycles. The summed E-state index contributed by atoms with van der Waals surface area (Å²) in [6, 6.07) is 0.316. The lowest BCUT2D eigenvalue weighted by Crippen LogP contribution is -2.34. The van der Waals surface area contributed by atoms with E-state index in [0.29, 0.717) is 0 Å². The summed E-state index contributed by atoms with van der Waals surface area (Å²) in [5.74, 6) is -1.04. The highest BCUT2D eigenvalue weighted by atomic mass is 32.2. The molecule has 5 N–H and O–H groups in total. The predicted molar refractivity (Wildman–Crippen MR) is 78.2 cm³/mol. The van der Waals surface area contributed by atoms with Gasteiger partial charge in [-0.05, 0) is 6.92 Å². The fourth-order valence-corrected chi connectivity index (χ4v) is 2.98. The van der Waals surface area contributed by atoms with Crippen LogP contribution in [0.15, 0.2) is 32.5 Å². The second kappa shape index (κ2) is 6.38. The third kappa shape index (κ3) is 3.24. The van der Waals surface area contributed by atoms with Crippen LogP contribution in [0.25, 0.3) is 0 Å². The molecular formula is C12H15N3O6S. The van der Waals surface area contributed by atoms with Crippen LogP contribution in [0, 0.1) is 0 Å². The molecule has 1 unspecified atom stereocenters. The second-order valence-electron chi connectivity index (χ2n) is 4.68. The van der Waals surface area contributed by atoms with Crippen molar-refractivity contribution < 1.29 is 19.7 Å². The second-order valence-corrected chi connectivity index (χ2v) is 5.89. The van der Waals surface area contributed by atoms with Crippen molar-refractivity contribution in [2.45, 2.75) is 24.4 Å². The summed E-state index contributed by atoms with van der Waals surface area (Å²) < 4.78 is 5.96. The van der Waals surface area contributed by atoms with E-state index in [1.54, 1.807) is 0 Å². The molecule has 0 saturated heterocycles. The molecule has 1 aliphatic heterocycles. The van der Waals surface area contributed by atoms with Crippen LogP contribution >= 0.6 is 11.8 Å². The van der Waals surface area contributed by atoms with E-state index >= 15 is 0 Å². The number of aromatic amines is 1. The van der Waals surface area contributed by atoms with Gasteiger partial charge >= 0.3 is 11.7 Å². The van der Waals surface area contributed by atoms with Gasteiger partial charge in [-0.3, -0.25) is 19.1 Å². The van der Waals surface area contributed by atoms with Crippen molar-refractivity contribution in [2.75, 3.05) is 6.61 Å². The molecule has 1 aromatic rings. The maximum absolute atomic E-state index is 11.7. The number of hydrogen-bond acceptors (Lipinski definition) is 8. The third-order valence-corrected chi connectivity index (χ3v) is 4.28. The van der Waals surface area contributed by atoms with Crippen LogP contribution < -0.4 is 17.0 Å². The van der Waals surface area contributed by atoms with E-state index in [1.165, 1.54) is 13.1 Å². The average Bonchev–Trinajstić information content (AvgIpc) is 2.73. The van der Waals surface area contributed by atoms with Crippen molar-refractivity contribution >= 4 is 17.7 Å². The number of carbonyl (C=O) groups is 1. The van der Waals surface area contributed by atoms with Crippen molar-refractivity contribution in [1.29, 1.82) is 0 Å². The van der Waals surface area contributed by atoms with Crippen molar-refractivity contribution in [1.82, 2.24) is 9.55 Å². The van der Waals surface area contributed by atoms with Gasteiger partial charge in [-0.1, -0.05) is 11.8 Å². The number of hydrogen-bond donors (Lipinski definition) is 4. The van der Waals surface area contributed by atoms with Crippen molar-refractivity contribution in [3.05, 3.63) is 43.8 Å². The maximum atomic E-state index is 11.7. The normalized spacial score (nSPS) is 22.7. The minimum atomic E-state index is -1.36. The van der Waals surface area contributed by atoms with Crippen LogP contribution in [-0.2, 0) is 9.53 Å². The first-order valence-electron chi connectivity index (χ1n) is 6.31. The fourth-order valence-electron chi connectivity index (χ4n) is 1.78. The Bertz CT molecular complexity index is 722. The Hall–Kier alpha value is -2.04. The Morgan fingerprint density at radius 2 is 2.27 bits per heavy atom. The summed E-state index contributed by atoms with van der Waals surface area (Å²) in [5, 5.41) is 19.0. The zero-order valence-electron chi connectivity index (χ0n) is 11.6. The van der Waals surface area contributed by atoms with Gasteiger partial charge in [0.1, 0.15) is 29.9 Å². The van der Waals surface area contributed by atoms with E-state index in [2.05, 4.69) is 4.98 Å². The number of nitrogens with one attached hydrogen (secondary N) is 1. The van der Waals surface area contributed by atoms with Crippen molar-refractivity contribution in [2.24, 2.45) is 5.73 Å². The first-order valence-corrected chi connectivity index (χ1v) is 7.19. The van der Waals surface area contributed by atoms with Crippen molar-refractivity contribution in [3.8, 4) is 0 Å². The first-order chi connectivity index (χ1) is 10.3. The number of esters is 1. The number of nitrogens with zero attached hydrogens (tertiary/aromatic N) is 1. The molecule has 0 spiro atoms. The molecule has 0 saturated carbocycles. The number of ether oxygens (including phenoxy) is 1. The third-order valence-electron chi connectivity index (χ3n) is 2.94. The van der Waals surface area contributed by atoms with E-state index in [-0.39, 0.29) is 17.3 Å². The number of H-pyrrole nitrogens is 1.